The summed E-state index contributed by atoms with van der Waals surface area (Å²) in [6.07, 6.45) is 0.329. The second-order valence-electron chi connectivity index (χ2n) is 5.79. The molecule has 25 heavy (non-hydrogen) atoms. The Balaban J connectivity index is 1.97. The monoisotopic (exact) mass is 380 g/mol. The number of nitrogens with zero attached hydrogens (tertiary/aromatic N) is 1. The summed E-state index contributed by atoms with van der Waals surface area (Å²) in [5.41, 5.74) is -0.193. The molecule has 1 aliphatic rings. The molecular formula is C18H15Cl2FN2O2. The summed E-state index contributed by atoms with van der Waals surface area (Å²) in [4.78, 5) is 26.6. The number of carbonyl (C=O) groups excluding carboxylic acids is 2. The van der Waals surface area contributed by atoms with Gasteiger partial charge in [-0.05, 0) is 36.2 Å². The Hall–Kier alpha value is -2.11. The van der Waals surface area contributed by atoms with Crippen molar-refractivity contribution in [1.82, 2.24) is 10.2 Å². The highest BCUT2D eigenvalue weighted by Crippen LogP contribution is 2.35. The average Bonchev–Trinajstić information content (AvgIpc) is 2.83. The SMILES string of the molecule is CC[C@@]1(c2ccc(F)cc2)NC(=O)N(Cc2c(Cl)cccc2Cl)C1=O. The zero-order valence-electron chi connectivity index (χ0n) is 13.4. The Kier molecular flexibility index (Phi) is 4.71. The van der Waals surface area contributed by atoms with E-state index in [4.69, 9.17) is 23.2 Å². The summed E-state index contributed by atoms with van der Waals surface area (Å²) in [5.74, 6) is -0.825. The zero-order chi connectivity index (χ0) is 18.2. The van der Waals surface area contributed by atoms with E-state index < -0.39 is 23.3 Å². The minimum absolute atomic E-state index is 0.0356. The van der Waals surface area contributed by atoms with Crippen LogP contribution in [0.25, 0.3) is 0 Å². The average molecular weight is 381 g/mol. The van der Waals surface area contributed by atoms with E-state index in [0.717, 1.165) is 4.90 Å². The van der Waals surface area contributed by atoms with Gasteiger partial charge in [0.05, 0.1) is 6.54 Å². The lowest BCUT2D eigenvalue weighted by molar-refractivity contribution is -0.132. The van der Waals surface area contributed by atoms with Crippen molar-refractivity contribution in [3.8, 4) is 0 Å². The lowest BCUT2D eigenvalue weighted by Crippen LogP contribution is -2.43. The fraction of sp³-hybridized carbons (Fsp3) is 0.222. The first kappa shape index (κ1) is 17.7. The molecule has 0 aromatic heterocycles. The Morgan fingerprint density at radius 2 is 1.68 bits per heavy atom. The third-order valence-electron chi connectivity index (χ3n) is 4.42. The molecule has 0 spiro atoms. The third kappa shape index (κ3) is 2.98. The second kappa shape index (κ2) is 6.65. The minimum atomic E-state index is -1.22. The summed E-state index contributed by atoms with van der Waals surface area (Å²) in [5, 5.41) is 3.50. The van der Waals surface area contributed by atoms with Crippen LogP contribution in [-0.4, -0.2) is 16.8 Å². The molecule has 1 N–H and O–H groups in total. The largest absolute Gasteiger partial charge is 0.325 e. The lowest BCUT2D eigenvalue weighted by Gasteiger charge is -2.26. The Morgan fingerprint density at radius 1 is 1.08 bits per heavy atom. The predicted octanol–water partition coefficient (Wildman–Crippen LogP) is 4.49. The van der Waals surface area contributed by atoms with Crippen molar-refractivity contribution >= 4 is 35.1 Å². The fourth-order valence-electron chi connectivity index (χ4n) is 2.99. The summed E-state index contributed by atoms with van der Waals surface area (Å²) in [7, 11) is 0. The summed E-state index contributed by atoms with van der Waals surface area (Å²) < 4.78 is 13.2. The summed E-state index contributed by atoms with van der Waals surface area (Å²) >= 11 is 12.3. The van der Waals surface area contributed by atoms with Gasteiger partial charge in [-0.15, -0.1) is 0 Å². The highest BCUT2D eigenvalue weighted by Gasteiger charge is 2.51. The van der Waals surface area contributed by atoms with Gasteiger partial charge >= 0.3 is 6.03 Å². The maximum Gasteiger partial charge on any atom is 0.325 e. The number of rotatable bonds is 4. The molecule has 2 aromatic carbocycles. The van der Waals surface area contributed by atoms with Crippen molar-refractivity contribution in [3.63, 3.8) is 0 Å². The molecule has 2 aromatic rings. The van der Waals surface area contributed by atoms with Gasteiger partial charge in [0, 0.05) is 15.6 Å². The first-order chi connectivity index (χ1) is 11.9. The highest BCUT2D eigenvalue weighted by atomic mass is 35.5. The van der Waals surface area contributed by atoms with Crippen LogP contribution in [0.4, 0.5) is 9.18 Å². The van der Waals surface area contributed by atoms with Gasteiger partial charge in [0.15, 0.2) is 0 Å². The number of hydrogen-bond donors (Lipinski definition) is 1. The molecule has 0 radical (unpaired) electrons. The van der Waals surface area contributed by atoms with Gasteiger partial charge in [-0.25, -0.2) is 9.18 Å². The molecule has 1 heterocycles. The fourth-order valence-corrected chi connectivity index (χ4v) is 3.50. The molecule has 1 aliphatic heterocycles. The number of carbonyl (C=O) groups is 2. The smallest absolute Gasteiger partial charge is 0.319 e. The van der Waals surface area contributed by atoms with Gasteiger partial charge in [-0.1, -0.05) is 48.3 Å². The molecule has 1 atom stereocenters. The van der Waals surface area contributed by atoms with Crippen molar-refractivity contribution < 1.29 is 14.0 Å². The number of nitrogens with one attached hydrogen (secondary N) is 1. The van der Waals surface area contributed by atoms with E-state index in [1.807, 2.05) is 0 Å². The quantitative estimate of drug-likeness (QED) is 0.794. The van der Waals surface area contributed by atoms with E-state index in [9.17, 15) is 14.0 Å². The second-order valence-corrected chi connectivity index (χ2v) is 6.60. The molecule has 130 valence electrons. The van der Waals surface area contributed by atoms with E-state index in [-0.39, 0.29) is 6.54 Å². The number of amides is 3. The number of benzene rings is 2. The molecule has 3 rings (SSSR count). The van der Waals surface area contributed by atoms with Crippen molar-refractivity contribution in [2.45, 2.75) is 25.4 Å². The molecule has 0 bridgehead atoms. The van der Waals surface area contributed by atoms with E-state index in [2.05, 4.69) is 5.32 Å². The van der Waals surface area contributed by atoms with Gasteiger partial charge in [0.2, 0.25) is 0 Å². The van der Waals surface area contributed by atoms with Crippen molar-refractivity contribution in [3.05, 3.63) is 69.5 Å². The van der Waals surface area contributed by atoms with Gasteiger partial charge < -0.3 is 5.32 Å². The number of urea groups is 1. The standard InChI is InChI=1S/C18H15Cl2FN2O2/c1-2-18(11-6-8-12(21)9-7-11)16(24)23(17(25)22-18)10-13-14(19)4-3-5-15(13)20/h3-9H,2,10H2,1H3,(H,22,25)/t18-/m0/s1. The topological polar surface area (TPSA) is 49.4 Å². The molecule has 3 amide bonds. The predicted molar refractivity (Wildman–Crippen MR) is 93.9 cm³/mol. The van der Waals surface area contributed by atoms with Crippen molar-refractivity contribution in [2.24, 2.45) is 0 Å². The van der Waals surface area contributed by atoms with Crippen LogP contribution in [0.2, 0.25) is 10.0 Å². The summed E-state index contributed by atoms with van der Waals surface area (Å²) in [6.45, 7) is 1.75. The summed E-state index contributed by atoms with van der Waals surface area (Å²) in [6, 6.07) is 9.98. The molecule has 0 unspecified atom stereocenters. The number of hydrogen-bond acceptors (Lipinski definition) is 2. The van der Waals surface area contributed by atoms with E-state index in [0.29, 0.717) is 27.6 Å². The van der Waals surface area contributed by atoms with Crippen LogP contribution in [0.15, 0.2) is 42.5 Å². The van der Waals surface area contributed by atoms with Crippen LogP contribution < -0.4 is 5.32 Å². The molecule has 4 nitrogen and oxygen atoms in total. The van der Waals surface area contributed by atoms with Crippen molar-refractivity contribution in [2.75, 3.05) is 0 Å². The molecule has 0 saturated carbocycles. The Bertz CT molecular complexity index is 821. The lowest BCUT2D eigenvalue weighted by atomic mass is 9.87. The Labute approximate surface area is 154 Å². The van der Waals surface area contributed by atoms with Crippen LogP contribution in [0.5, 0.6) is 0 Å². The molecular weight excluding hydrogens is 366 g/mol. The highest BCUT2D eigenvalue weighted by molar-refractivity contribution is 6.36. The minimum Gasteiger partial charge on any atom is -0.319 e. The maximum atomic E-state index is 13.2. The van der Waals surface area contributed by atoms with Gasteiger partial charge in [-0.2, -0.15) is 0 Å². The van der Waals surface area contributed by atoms with Crippen LogP contribution >= 0.6 is 23.2 Å². The van der Waals surface area contributed by atoms with Crippen LogP contribution in [0.3, 0.4) is 0 Å². The maximum absolute atomic E-state index is 13.2. The number of halogens is 3. The normalized spacial score (nSPS) is 20.1. The first-order valence-corrected chi connectivity index (χ1v) is 8.47. The molecule has 7 heteroatoms. The van der Waals surface area contributed by atoms with Gasteiger partial charge in [-0.3, -0.25) is 9.69 Å². The molecule has 1 fully saturated rings. The zero-order valence-corrected chi connectivity index (χ0v) is 14.9. The van der Waals surface area contributed by atoms with Gasteiger partial charge in [0.1, 0.15) is 11.4 Å². The van der Waals surface area contributed by atoms with Crippen LogP contribution in [0.1, 0.15) is 24.5 Å². The van der Waals surface area contributed by atoms with Gasteiger partial charge in [0.25, 0.3) is 5.91 Å². The number of imide groups is 1. The first-order valence-electron chi connectivity index (χ1n) is 7.72. The Morgan fingerprint density at radius 3 is 2.24 bits per heavy atom. The van der Waals surface area contributed by atoms with Crippen LogP contribution in [-0.2, 0) is 16.9 Å². The van der Waals surface area contributed by atoms with E-state index in [1.165, 1.54) is 24.3 Å². The van der Waals surface area contributed by atoms with Crippen molar-refractivity contribution in [1.29, 1.82) is 0 Å². The third-order valence-corrected chi connectivity index (χ3v) is 5.13. The van der Waals surface area contributed by atoms with Crippen LogP contribution in [0, 0.1) is 5.82 Å². The van der Waals surface area contributed by atoms with E-state index in [1.54, 1.807) is 25.1 Å². The molecule has 1 saturated heterocycles. The van der Waals surface area contributed by atoms with E-state index >= 15 is 0 Å². The molecule has 0 aliphatic carbocycles.